The van der Waals surface area contributed by atoms with E-state index in [1.165, 1.54) is 0 Å². The van der Waals surface area contributed by atoms with Crippen LogP contribution < -0.4 is 5.32 Å². The fourth-order valence-corrected chi connectivity index (χ4v) is 2.14. The first kappa shape index (κ1) is 13.7. The van der Waals surface area contributed by atoms with Gasteiger partial charge in [-0.15, -0.1) is 0 Å². The summed E-state index contributed by atoms with van der Waals surface area (Å²) in [6, 6.07) is 7.68. The van der Waals surface area contributed by atoms with Crippen LogP contribution in [0.1, 0.15) is 31.0 Å². The van der Waals surface area contributed by atoms with Crippen molar-refractivity contribution in [3.8, 4) is 0 Å². The van der Waals surface area contributed by atoms with Crippen molar-refractivity contribution in [1.29, 1.82) is 0 Å². The Morgan fingerprint density at radius 3 is 2.79 bits per heavy atom. The van der Waals surface area contributed by atoms with Crippen LogP contribution in [0.5, 0.6) is 0 Å². The average Bonchev–Trinajstić information content (AvgIpc) is 2.85. The molecule has 0 radical (unpaired) electrons. The maximum atomic E-state index is 13.5. The van der Waals surface area contributed by atoms with Gasteiger partial charge in [-0.25, -0.2) is 4.39 Å². The molecule has 0 aliphatic rings. The predicted molar refractivity (Wildman–Crippen MR) is 74.4 cm³/mol. The lowest BCUT2D eigenvalue weighted by atomic mass is 10.1. The molecule has 1 aromatic heterocycles. The van der Waals surface area contributed by atoms with Gasteiger partial charge in [0, 0.05) is 24.5 Å². The van der Waals surface area contributed by atoms with Gasteiger partial charge in [0.2, 0.25) is 0 Å². The third kappa shape index (κ3) is 3.64. The van der Waals surface area contributed by atoms with E-state index in [2.05, 4.69) is 17.3 Å². The third-order valence-electron chi connectivity index (χ3n) is 3.25. The van der Waals surface area contributed by atoms with Crippen LogP contribution in [0.4, 0.5) is 4.39 Å². The van der Waals surface area contributed by atoms with Gasteiger partial charge in [0.1, 0.15) is 5.82 Å². The number of aromatic nitrogens is 2. The smallest absolute Gasteiger partial charge is 0.126 e. The Kier molecular flexibility index (Phi) is 4.32. The molecule has 1 N–H and O–H groups in total. The molecule has 1 aromatic carbocycles. The minimum Gasteiger partial charge on any atom is -0.306 e. The maximum Gasteiger partial charge on any atom is 0.126 e. The highest BCUT2D eigenvalue weighted by Crippen LogP contribution is 2.16. The predicted octanol–water partition coefficient (Wildman–Crippen LogP) is 3.07. The molecule has 1 heterocycles. The largest absolute Gasteiger partial charge is 0.306 e. The summed E-state index contributed by atoms with van der Waals surface area (Å²) in [6.07, 6.45) is 3.71. The summed E-state index contributed by atoms with van der Waals surface area (Å²) in [7, 11) is 0. The van der Waals surface area contributed by atoms with Crippen molar-refractivity contribution in [2.45, 2.75) is 39.4 Å². The van der Waals surface area contributed by atoms with Crippen LogP contribution >= 0.6 is 0 Å². The Morgan fingerprint density at radius 1 is 1.37 bits per heavy atom. The van der Waals surface area contributed by atoms with Gasteiger partial charge in [-0.1, -0.05) is 12.1 Å². The van der Waals surface area contributed by atoms with Crippen LogP contribution in [0.15, 0.2) is 36.7 Å². The van der Waals surface area contributed by atoms with Crippen LogP contribution in [-0.4, -0.2) is 15.8 Å². The number of hydrogen-bond donors (Lipinski definition) is 1. The molecule has 2 unspecified atom stereocenters. The van der Waals surface area contributed by atoms with E-state index >= 15 is 0 Å². The summed E-state index contributed by atoms with van der Waals surface area (Å²) in [4.78, 5) is 0. The Bertz CT molecular complexity index is 522. The van der Waals surface area contributed by atoms with E-state index in [0.717, 1.165) is 12.1 Å². The zero-order chi connectivity index (χ0) is 13.8. The highest BCUT2D eigenvalue weighted by atomic mass is 19.1. The van der Waals surface area contributed by atoms with Gasteiger partial charge >= 0.3 is 0 Å². The number of benzene rings is 1. The molecule has 4 heteroatoms. The van der Waals surface area contributed by atoms with Crippen molar-refractivity contribution < 1.29 is 4.39 Å². The van der Waals surface area contributed by atoms with Gasteiger partial charge < -0.3 is 5.32 Å². The molecule has 3 nitrogen and oxygen atoms in total. The highest BCUT2D eigenvalue weighted by molar-refractivity contribution is 5.25. The highest BCUT2D eigenvalue weighted by Gasteiger charge is 2.11. The first-order chi connectivity index (χ1) is 9.06. The van der Waals surface area contributed by atoms with E-state index in [4.69, 9.17) is 0 Å². The zero-order valence-electron chi connectivity index (χ0n) is 11.6. The van der Waals surface area contributed by atoms with Crippen LogP contribution in [0, 0.1) is 12.7 Å². The number of halogens is 1. The van der Waals surface area contributed by atoms with E-state index in [0.29, 0.717) is 5.56 Å². The first-order valence-corrected chi connectivity index (χ1v) is 6.56. The second-order valence-electron chi connectivity index (χ2n) is 5.03. The third-order valence-corrected chi connectivity index (χ3v) is 3.25. The Hall–Kier alpha value is -1.68. The molecule has 0 aliphatic carbocycles. The molecule has 0 bridgehead atoms. The summed E-state index contributed by atoms with van der Waals surface area (Å²) < 4.78 is 15.4. The van der Waals surface area contributed by atoms with E-state index in [-0.39, 0.29) is 17.9 Å². The van der Waals surface area contributed by atoms with Gasteiger partial charge in [-0.2, -0.15) is 5.10 Å². The topological polar surface area (TPSA) is 29.9 Å². The second kappa shape index (κ2) is 5.97. The Morgan fingerprint density at radius 2 is 2.16 bits per heavy atom. The second-order valence-corrected chi connectivity index (χ2v) is 5.03. The van der Waals surface area contributed by atoms with Gasteiger partial charge in [0.15, 0.2) is 0 Å². The fourth-order valence-electron chi connectivity index (χ4n) is 2.14. The molecular formula is C15H20FN3. The number of nitrogens with zero attached hydrogens (tertiary/aromatic N) is 2. The molecule has 102 valence electrons. The average molecular weight is 261 g/mol. The lowest BCUT2D eigenvalue weighted by molar-refractivity contribution is 0.412. The van der Waals surface area contributed by atoms with E-state index < -0.39 is 0 Å². The number of nitrogens with one attached hydrogen (secondary N) is 1. The quantitative estimate of drug-likeness (QED) is 0.896. The molecule has 0 saturated heterocycles. The van der Waals surface area contributed by atoms with Crippen LogP contribution in [0.3, 0.4) is 0 Å². The Labute approximate surface area is 113 Å². The Balaban J connectivity index is 1.96. The van der Waals surface area contributed by atoms with Gasteiger partial charge in [0.25, 0.3) is 0 Å². The SMILES string of the molecule is Cc1ccc(C(C)NC(C)Cn2cccn2)cc1F. The molecule has 19 heavy (non-hydrogen) atoms. The maximum absolute atomic E-state index is 13.5. The zero-order valence-corrected chi connectivity index (χ0v) is 11.6. The minimum absolute atomic E-state index is 0.112. The number of rotatable bonds is 5. The van der Waals surface area contributed by atoms with Crippen LogP contribution in [-0.2, 0) is 6.54 Å². The monoisotopic (exact) mass is 261 g/mol. The molecular weight excluding hydrogens is 241 g/mol. The van der Waals surface area contributed by atoms with Crippen LogP contribution in [0.25, 0.3) is 0 Å². The van der Waals surface area contributed by atoms with Gasteiger partial charge in [-0.05, 0) is 44.0 Å². The van der Waals surface area contributed by atoms with Crippen molar-refractivity contribution in [1.82, 2.24) is 15.1 Å². The van der Waals surface area contributed by atoms with Crippen molar-refractivity contribution in [2.24, 2.45) is 0 Å². The lowest BCUT2D eigenvalue weighted by Crippen LogP contribution is -2.32. The van der Waals surface area contributed by atoms with Crippen molar-refractivity contribution in [3.05, 3.63) is 53.6 Å². The normalized spacial score (nSPS) is 14.3. The molecule has 2 rings (SSSR count). The fraction of sp³-hybridized carbons (Fsp3) is 0.400. The number of aryl methyl sites for hydroxylation is 1. The molecule has 2 aromatic rings. The van der Waals surface area contributed by atoms with Gasteiger partial charge in [-0.3, -0.25) is 4.68 Å². The van der Waals surface area contributed by atoms with Crippen molar-refractivity contribution in [3.63, 3.8) is 0 Å². The summed E-state index contributed by atoms with van der Waals surface area (Å²) in [6.45, 7) is 6.72. The standard InChI is InChI=1S/C15H20FN3/c1-11-5-6-14(9-15(11)16)13(3)18-12(2)10-19-8-4-7-17-19/h4-9,12-13,18H,10H2,1-3H3. The lowest BCUT2D eigenvalue weighted by Gasteiger charge is -2.20. The number of hydrogen-bond acceptors (Lipinski definition) is 2. The first-order valence-electron chi connectivity index (χ1n) is 6.56. The van der Waals surface area contributed by atoms with Gasteiger partial charge in [0.05, 0.1) is 6.54 Å². The molecule has 0 fully saturated rings. The molecule has 2 atom stereocenters. The van der Waals surface area contributed by atoms with Crippen molar-refractivity contribution >= 4 is 0 Å². The minimum atomic E-state index is -0.147. The van der Waals surface area contributed by atoms with Crippen LogP contribution in [0.2, 0.25) is 0 Å². The molecule has 0 spiro atoms. The van der Waals surface area contributed by atoms with E-state index in [1.807, 2.05) is 36.0 Å². The molecule has 0 saturated carbocycles. The van der Waals surface area contributed by atoms with E-state index in [1.54, 1.807) is 19.2 Å². The summed E-state index contributed by atoms with van der Waals surface area (Å²) in [5.41, 5.74) is 1.65. The van der Waals surface area contributed by atoms with E-state index in [9.17, 15) is 4.39 Å². The molecule has 0 amide bonds. The summed E-state index contributed by atoms with van der Waals surface area (Å²) in [5, 5.41) is 7.63. The van der Waals surface area contributed by atoms with Crippen molar-refractivity contribution in [2.75, 3.05) is 0 Å². The summed E-state index contributed by atoms with van der Waals surface area (Å²) >= 11 is 0. The summed E-state index contributed by atoms with van der Waals surface area (Å²) in [5.74, 6) is -0.147. The molecule has 0 aliphatic heterocycles.